The molecule has 1 aliphatic rings. The number of thioether (sulfide) groups is 1. The maximum Gasteiger partial charge on any atom is 0.290 e. The number of hydrogen-bond acceptors (Lipinski definition) is 5. The van der Waals surface area contributed by atoms with Crippen LogP contribution >= 0.6 is 23.1 Å². The van der Waals surface area contributed by atoms with E-state index >= 15 is 0 Å². The maximum absolute atomic E-state index is 13.2. The minimum Gasteiger partial charge on any atom is -0.451 e. The summed E-state index contributed by atoms with van der Waals surface area (Å²) in [7, 11) is 0. The fraction of sp³-hybridized carbons (Fsp3) is 0.381. The average Bonchev–Trinajstić information content (AvgIpc) is 3.33. The molecule has 27 heavy (non-hydrogen) atoms. The number of carbonyl (C=O) groups is 1. The number of rotatable bonds is 5. The second-order valence-electron chi connectivity index (χ2n) is 7.05. The Morgan fingerprint density at radius 1 is 1.15 bits per heavy atom. The van der Waals surface area contributed by atoms with Crippen molar-refractivity contribution in [3.05, 3.63) is 53.1 Å². The van der Waals surface area contributed by atoms with E-state index in [1.54, 1.807) is 23.1 Å². The van der Waals surface area contributed by atoms with Crippen LogP contribution in [0.2, 0.25) is 0 Å². The van der Waals surface area contributed by atoms with Crippen molar-refractivity contribution in [1.82, 2.24) is 9.80 Å². The number of furan rings is 1. The van der Waals surface area contributed by atoms with Crippen molar-refractivity contribution in [3.63, 3.8) is 0 Å². The van der Waals surface area contributed by atoms with E-state index in [4.69, 9.17) is 4.42 Å². The molecule has 6 heteroatoms. The van der Waals surface area contributed by atoms with Crippen molar-refractivity contribution in [2.45, 2.75) is 29.9 Å². The summed E-state index contributed by atoms with van der Waals surface area (Å²) in [6.45, 7) is 7.76. The summed E-state index contributed by atoms with van der Waals surface area (Å²) in [6.07, 6.45) is 0. The first-order valence-electron chi connectivity index (χ1n) is 9.33. The lowest BCUT2D eigenvalue weighted by molar-refractivity contribution is 0.0567. The van der Waals surface area contributed by atoms with Crippen LogP contribution in [0.3, 0.4) is 0 Å². The van der Waals surface area contributed by atoms with Gasteiger partial charge >= 0.3 is 0 Å². The van der Waals surface area contributed by atoms with Crippen LogP contribution in [-0.4, -0.2) is 47.9 Å². The minimum atomic E-state index is 0.0244. The van der Waals surface area contributed by atoms with Gasteiger partial charge in [-0.05, 0) is 31.4 Å². The summed E-state index contributed by atoms with van der Waals surface area (Å²) in [5.74, 6) is 1.28. The van der Waals surface area contributed by atoms with Gasteiger partial charge in [0.25, 0.3) is 5.91 Å². The molecule has 2 aromatic heterocycles. The molecule has 0 N–H and O–H groups in total. The Bertz CT molecular complexity index is 910. The molecule has 4 nitrogen and oxygen atoms in total. The Morgan fingerprint density at radius 2 is 1.93 bits per heavy atom. The van der Waals surface area contributed by atoms with Crippen molar-refractivity contribution in [2.75, 3.05) is 26.2 Å². The highest BCUT2D eigenvalue weighted by Gasteiger charge is 2.28. The summed E-state index contributed by atoms with van der Waals surface area (Å²) in [5.41, 5.74) is 1.81. The summed E-state index contributed by atoms with van der Waals surface area (Å²) in [4.78, 5) is 17.6. The van der Waals surface area contributed by atoms with Gasteiger partial charge in [-0.15, -0.1) is 23.1 Å². The van der Waals surface area contributed by atoms with Crippen molar-refractivity contribution >= 4 is 40.0 Å². The minimum absolute atomic E-state index is 0.0244. The van der Waals surface area contributed by atoms with E-state index in [1.807, 2.05) is 23.1 Å². The Hall–Kier alpha value is -1.76. The number of thiophene rings is 1. The lowest BCUT2D eigenvalue weighted by atomic mass is 10.1. The van der Waals surface area contributed by atoms with E-state index < -0.39 is 0 Å². The van der Waals surface area contributed by atoms with Crippen molar-refractivity contribution in [2.24, 2.45) is 0 Å². The number of fused-ring (bicyclic) bond motifs is 1. The lowest BCUT2D eigenvalue weighted by Crippen LogP contribution is -2.50. The molecule has 4 rings (SSSR count). The molecular weight excluding hydrogens is 376 g/mol. The Balaban J connectivity index is 1.58. The molecule has 0 bridgehead atoms. The SMILES string of the molecule is CC(C)N1CCN(C(=O)c2oc3ccccc3c2CSc2cccs2)CC1. The topological polar surface area (TPSA) is 36.7 Å². The normalized spacial score (nSPS) is 15.7. The first kappa shape index (κ1) is 18.6. The highest BCUT2D eigenvalue weighted by molar-refractivity contribution is 8.00. The van der Waals surface area contributed by atoms with Gasteiger partial charge in [0, 0.05) is 48.9 Å². The molecule has 0 unspecified atom stereocenters. The maximum atomic E-state index is 13.2. The van der Waals surface area contributed by atoms with E-state index in [0.29, 0.717) is 11.8 Å². The van der Waals surface area contributed by atoms with Gasteiger partial charge in [-0.2, -0.15) is 0 Å². The van der Waals surface area contributed by atoms with Gasteiger partial charge in [0.15, 0.2) is 5.76 Å². The first-order valence-corrected chi connectivity index (χ1v) is 11.2. The Kier molecular flexibility index (Phi) is 5.57. The van der Waals surface area contributed by atoms with Crippen molar-refractivity contribution < 1.29 is 9.21 Å². The Labute approximate surface area is 168 Å². The number of hydrogen-bond donors (Lipinski definition) is 0. The molecule has 0 saturated carbocycles. The van der Waals surface area contributed by atoms with Gasteiger partial charge in [0.1, 0.15) is 5.58 Å². The highest BCUT2D eigenvalue weighted by atomic mass is 32.2. The van der Waals surface area contributed by atoms with Gasteiger partial charge in [-0.3, -0.25) is 9.69 Å². The summed E-state index contributed by atoms with van der Waals surface area (Å²) in [5, 5.41) is 3.13. The smallest absolute Gasteiger partial charge is 0.290 e. The zero-order chi connectivity index (χ0) is 18.8. The van der Waals surface area contributed by atoms with Crippen LogP contribution in [0.1, 0.15) is 30.0 Å². The lowest BCUT2D eigenvalue weighted by Gasteiger charge is -2.36. The summed E-state index contributed by atoms with van der Waals surface area (Å²) < 4.78 is 7.30. The zero-order valence-electron chi connectivity index (χ0n) is 15.7. The molecule has 142 valence electrons. The molecule has 3 heterocycles. The summed E-state index contributed by atoms with van der Waals surface area (Å²) >= 11 is 3.49. The van der Waals surface area contributed by atoms with Gasteiger partial charge in [0.05, 0.1) is 4.21 Å². The largest absolute Gasteiger partial charge is 0.451 e. The third-order valence-electron chi connectivity index (χ3n) is 5.08. The average molecular weight is 401 g/mol. The van der Waals surface area contributed by atoms with Gasteiger partial charge in [-0.1, -0.05) is 24.3 Å². The number of carbonyl (C=O) groups excluding carboxylic acids is 1. The quantitative estimate of drug-likeness (QED) is 0.568. The van der Waals surface area contributed by atoms with Gasteiger partial charge < -0.3 is 9.32 Å². The third kappa shape index (κ3) is 3.93. The molecule has 0 aliphatic carbocycles. The number of benzene rings is 1. The molecule has 1 saturated heterocycles. The number of nitrogens with zero attached hydrogens (tertiary/aromatic N) is 2. The Morgan fingerprint density at radius 3 is 2.63 bits per heavy atom. The second-order valence-corrected chi connectivity index (χ2v) is 9.27. The molecule has 1 aromatic carbocycles. The molecule has 1 amide bonds. The first-order chi connectivity index (χ1) is 13.1. The van der Waals surface area contributed by atoms with E-state index in [2.05, 4.69) is 42.3 Å². The fourth-order valence-electron chi connectivity index (χ4n) is 3.49. The zero-order valence-corrected chi connectivity index (χ0v) is 17.3. The number of para-hydroxylation sites is 1. The van der Waals surface area contributed by atoms with Crippen LogP contribution in [-0.2, 0) is 5.75 Å². The van der Waals surface area contributed by atoms with E-state index in [1.165, 1.54) is 4.21 Å². The predicted molar refractivity (Wildman–Crippen MR) is 113 cm³/mol. The van der Waals surface area contributed by atoms with Gasteiger partial charge in [0.2, 0.25) is 0 Å². The van der Waals surface area contributed by atoms with Crippen LogP contribution in [0.5, 0.6) is 0 Å². The third-order valence-corrected chi connectivity index (χ3v) is 7.24. The number of piperazine rings is 1. The molecular formula is C21H24N2O2S2. The summed E-state index contributed by atoms with van der Waals surface area (Å²) in [6, 6.07) is 12.7. The van der Waals surface area contributed by atoms with E-state index in [0.717, 1.165) is 48.5 Å². The molecule has 1 aliphatic heterocycles. The van der Waals surface area contributed by atoms with Crippen LogP contribution in [0.15, 0.2) is 50.4 Å². The second kappa shape index (κ2) is 8.09. The van der Waals surface area contributed by atoms with Crippen LogP contribution in [0.25, 0.3) is 11.0 Å². The number of amides is 1. The van der Waals surface area contributed by atoms with Gasteiger partial charge in [-0.25, -0.2) is 0 Å². The molecule has 0 radical (unpaired) electrons. The van der Waals surface area contributed by atoms with Crippen LogP contribution < -0.4 is 0 Å². The molecule has 0 spiro atoms. The highest BCUT2D eigenvalue weighted by Crippen LogP contribution is 2.34. The van der Waals surface area contributed by atoms with Crippen LogP contribution in [0, 0.1) is 0 Å². The predicted octanol–water partition coefficient (Wildman–Crippen LogP) is 4.95. The standard InChI is InChI=1S/C21H24N2O2S2/c1-15(2)22-9-11-23(12-10-22)21(24)20-17(14-27-19-8-5-13-26-19)16-6-3-4-7-18(16)25-20/h3-8,13,15H,9-12,14H2,1-2H3. The van der Waals surface area contributed by atoms with Crippen LogP contribution in [0.4, 0.5) is 0 Å². The fourth-order valence-corrected chi connectivity index (χ4v) is 5.30. The molecule has 1 fully saturated rings. The van der Waals surface area contributed by atoms with Crippen molar-refractivity contribution in [1.29, 1.82) is 0 Å². The van der Waals surface area contributed by atoms with E-state index in [-0.39, 0.29) is 5.91 Å². The monoisotopic (exact) mass is 400 g/mol. The molecule has 0 atom stereocenters. The van der Waals surface area contributed by atoms with E-state index in [9.17, 15) is 4.79 Å². The molecule has 3 aromatic rings. The van der Waals surface area contributed by atoms with Crippen molar-refractivity contribution in [3.8, 4) is 0 Å².